The van der Waals surface area contributed by atoms with Gasteiger partial charge in [-0.25, -0.2) is 0 Å². The quantitative estimate of drug-likeness (QED) is 0.551. The molecule has 0 saturated carbocycles. The van der Waals surface area contributed by atoms with Crippen LogP contribution in [0.3, 0.4) is 0 Å². The average Bonchev–Trinajstić information content (AvgIpc) is 3.03. The first kappa shape index (κ1) is 17.2. The summed E-state index contributed by atoms with van der Waals surface area (Å²) in [5.74, 6) is -11.8. The zero-order valence-corrected chi connectivity index (χ0v) is 12.1. The second kappa shape index (κ2) is 5.47. The van der Waals surface area contributed by atoms with Crippen LogP contribution in [0.2, 0.25) is 0 Å². The molecule has 0 aliphatic heterocycles. The summed E-state index contributed by atoms with van der Waals surface area (Å²) in [6.45, 7) is 0. The van der Waals surface area contributed by atoms with Gasteiger partial charge in [0.1, 0.15) is 12.0 Å². The van der Waals surface area contributed by atoms with Crippen LogP contribution in [0.1, 0.15) is 5.56 Å². The molecule has 0 N–H and O–H groups in total. The molecule has 0 amide bonds. The van der Waals surface area contributed by atoms with E-state index < -0.39 is 29.3 Å². The van der Waals surface area contributed by atoms with E-state index in [2.05, 4.69) is 9.68 Å². The van der Waals surface area contributed by atoms with Gasteiger partial charge in [-0.1, -0.05) is 41.6 Å². The Morgan fingerprint density at radius 1 is 0.800 bits per heavy atom. The molecular weight excluding hydrogens is 355 g/mol. The van der Waals surface area contributed by atoms with Gasteiger partial charge in [-0.2, -0.15) is 30.7 Å². The highest BCUT2D eigenvalue weighted by Crippen LogP contribution is 2.53. The Kier molecular flexibility index (Phi) is 3.77. The molecule has 132 valence electrons. The third kappa shape index (κ3) is 2.63. The van der Waals surface area contributed by atoms with E-state index in [9.17, 15) is 30.7 Å². The summed E-state index contributed by atoms with van der Waals surface area (Å²) in [6.07, 6.45) is -6.33. The number of fused-ring (bicyclic) bond motifs is 1. The van der Waals surface area contributed by atoms with Crippen molar-refractivity contribution in [2.45, 2.75) is 18.0 Å². The third-order valence-corrected chi connectivity index (χ3v) is 3.68. The summed E-state index contributed by atoms with van der Waals surface area (Å²) >= 11 is 0. The summed E-state index contributed by atoms with van der Waals surface area (Å²) in [4.78, 5) is 0. The van der Waals surface area contributed by atoms with Crippen LogP contribution >= 0.6 is 0 Å². The minimum atomic E-state index is -6.44. The molecule has 0 fully saturated rings. The Bertz CT molecular complexity index is 914. The molecular formula is C16H8F7NO. The molecule has 1 aromatic heterocycles. The second-order valence-corrected chi connectivity index (χ2v) is 5.29. The first-order chi connectivity index (χ1) is 11.6. The van der Waals surface area contributed by atoms with Gasteiger partial charge in [-0.3, -0.25) is 0 Å². The van der Waals surface area contributed by atoms with Gasteiger partial charge in [-0.15, -0.1) is 0 Å². The van der Waals surface area contributed by atoms with Crippen LogP contribution in [0.25, 0.3) is 22.0 Å². The van der Waals surface area contributed by atoms with Crippen LogP contribution < -0.4 is 0 Å². The van der Waals surface area contributed by atoms with Gasteiger partial charge >= 0.3 is 18.0 Å². The van der Waals surface area contributed by atoms with Gasteiger partial charge < -0.3 is 4.52 Å². The minimum Gasteiger partial charge on any atom is -0.364 e. The fourth-order valence-corrected chi connectivity index (χ4v) is 2.35. The maximum atomic E-state index is 14.0. The van der Waals surface area contributed by atoms with Crippen molar-refractivity contribution in [1.29, 1.82) is 0 Å². The Hall–Kier alpha value is -2.58. The van der Waals surface area contributed by atoms with Crippen molar-refractivity contribution < 1.29 is 35.3 Å². The smallest absolute Gasteiger partial charge is 0.364 e. The summed E-state index contributed by atoms with van der Waals surface area (Å²) in [5, 5.41) is 4.49. The van der Waals surface area contributed by atoms with Crippen molar-refractivity contribution in [2.24, 2.45) is 0 Å². The van der Waals surface area contributed by atoms with E-state index in [-0.39, 0.29) is 11.8 Å². The summed E-state index contributed by atoms with van der Waals surface area (Å²) in [7, 11) is 0. The molecule has 0 spiro atoms. The lowest BCUT2D eigenvalue weighted by molar-refractivity contribution is -0.359. The van der Waals surface area contributed by atoms with Crippen LogP contribution in [-0.2, 0) is 5.92 Å². The summed E-state index contributed by atoms with van der Waals surface area (Å²) < 4.78 is 95.9. The van der Waals surface area contributed by atoms with Crippen molar-refractivity contribution in [2.75, 3.05) is 0 Å². The number of alkyl halides is 7. The fraction of sp³-hybridized carbons (Fsp3) is 0.188. The first-order valence-electron chi connectivity index (χ1n) is 6.82. The first-order valence-corrected chi connectivity index (χ1v) is 6.82. The topological polar surface area (TPSA) is 26.0 Å². The molecule has 0 aliphatic carbocycles. The van der Waals surface area contributed by atoms with Crippen LogP contribution in [0.4, 0.5) is 30.7 Å². The van der Waals surface area contributed by atoms with E-state index in [1.807, 2.05) is 0 Å². The van der Waals surface area contributed by atoms with Gasteiger partial charge in [-0.05, 0) is 16.8 Å². The molecule has 2 aromatic carbocycles. The van der Waals surface area contributed by atoms with Gasteiger partial charge in [0.15, 0.2) is 0 Å². The largest absolute Gasteiger partial charge is 0.460 e. The number of aromatic nitrogens is 1. The van der Waals surface area contributed by atoms with Gasteiger partial charge in [0.25, 0.3) is 0 Å². The Balaban J connectivity index is 2.14. The van der Waals surface area contributed by atoms with Gasteiger partial charge in [0.05, 0.1) is 5.56 Å². The maximum absolute atomic E-state index is 14.0. The highest BCUT2D eigenvalue weighted by Gasteiger charge is 2.74. The van der Waals surface area contributed by atoms with E-state index in [1.54, 1.807) is 24.3 Å². The Morgan fingerprint density at radius 3 is 2.08 bits per heavy atom. The van der Waals surface area contributed by atoms with Crippen LogP contribution in [0.15, 0.2) is 53.3 Å². The monoisotopic (exact) mass is 363 g/mol. The molecule has 0 aliphatic rings. The lowest BCUT2D eigenvalue weighted by Gasteiger charge is -2.27. The van der Waals surface area contributed by atoms with Crippen molar-refractivity contribution in [1.82, 2.24) is 5.16 Å². The number of rotatable bonds is 3. The lowest BCUT2D eigenvalue weighted by Crippen LogP contribution is -2.50. The number of benzene rings is 2. The van der Waals surface area contributed by atoms with E-state index in [4.69, 9.17) is 0 Å². The molecule has 3 aromatic rings. The average molecular weight is 363 g/mol. The number of nitrogens with zero attached hydrogens (tertiary/aromatic N) is 1. The molecule has 0 radical (unpaired) electrons. The lowest BCUT2D eigenvalue weighted by atomic mass is 9.97. The number of hydrogen-bond donors (Lipinski definition) is 0. The van der Waals surface area contributed by atoms with Gasteiger partial charge in [0, 0.05) is 5.56 Å². The number of halogens is 7. The zero-order valence-electron chi connectivity index (χ0n) is 12.1. The highest BCUT2D eigenvalue weighted by atomic mass is 19.4. The Morgan fingerprint density at radius 2 is 1.44 bits per heavy atom. The summed E-state index contributed by atoms with van der Waals surface area (Å²) in [6, 6.07) is 10.9. The molecule has 0 atom stereocenters. The highest BCUT2D eigenvalue weighted by molar-refractivity contribution is 5.87. The predicted octanol–water partition coefficient (Wildman–Crippen LogP) is 5.78. The fourth-order valence-electron chi connectivity index (χ4n) is 2.35. The standard InChI is InChI=1S/C16H8F7NO/c17-14(18,15(19,20)16(21,22)23)12-8-25-24-13(12)11-6-5-9-3-1-2-4-10(9)7-11/h1-8H. The van der Waals surface area contributed by atoms with Crippen LogP contribution in [0, 0.1) is 0 Å². The van der Waals surface area contributed by atoms with Crippen molar-refractivity contribution >= 4 is 10.8 Å². The molecule has 25 heavy (non-hydrogen) atoms. The molecule has 2 nitrogen and oxygen atoms in total. The molecule has 1 heterocycles. The zero-order chi connectivity index (χ0) is 18.5. The van der Waals surface area contributed by atoms with Crippen molar-refractivity contribution in [3.05, 3.63) is 54.3 Å². The predicted molar refractivity (Wildman–Crippen MR) is 74.3 cm³/mol. The van der Waals surface area contributed by atoms with Crippen LogP contribution in [-0.4, -0.2) is 17.3 Å². The van der Waals surface area contributed by atoms with Crippen molar-refractivity contribution in [3.8, 4) is 11.3 Å². The van der Waals surface area contributed by atoms with E-state index in [0.717, 1.165) is 5.39 Å². The molecule has 0 bridgehead atoms. The van der Waals surface area contributed by atoms with Gasteiger partial charge in [0.2, 0.25) is 0 Å². The SMILES string of the molecule is FC(F)(F)C(F)(F)C(F)(F)c1conc1-c1ccc2ccccc2c1. The van der Waals surface area contributed by atoms with E-state index in [1.165, 1.54) is 18.2 Å². The minimum absolute atomic E-state index is 0.0694. The normalized spacial score (nSPS) is 13.4. The van der Waals surface area contributed by atoms with Crippen LogP contribution in [0.5, 0.6) is 0 Å². The molecule has 0 saturated heterocycles. The molecule has 9 heteroatoms. The molecule has 3 rings (SSSR count). The Labute approximate surface area is 135 Å². The van der Waals surface area contributed by atoms with E-state index >= 15 is 0 Å². The van der Waals surface area contributed by atoms with E-state index in [0.29, 0.717) is 5.39 Å². The number of hydrogen-bond acceptors (Lipinski definition) is 2. The van der Waals surface area contributed by atoms with Crippen molar-refractivity contribution in [3.63, 3.8) is 0 Å². The molecule has 0 unspecified atom stereocenters. The summed E-state index contributed by atoms with van der Waals surface area (Å²) in [5.41, 5.74) is -2.48. The third-order valence-electron chi connectivity index (χ3n) is 3.68. The maximum Gasteiger partial charge on any atom is 0.460 e. The second-order valence-electron chi connectivity index (χ2n) is 5.29.